The Bertz CT molecular complexity index is 736. The number of aromatic amines is 1. The fourth-order valence-electron chi connectivity index (χ4n) is 2.81. The number of nitrogens with one attached hydrogen (secondary N) is 1. The molecule has 1 aromatic carbocycles. The largest absolute Gasteiger partial charge is 0.481 e. The van der Waals surface area contributed by atoms with E-state index < -0.39 is 5.97 Å². The van der Waals surface area contributed by atoms with E-state index in [-0.39, 0.29) is 11.8 Å². The summed E-state index contributed by atoms with van der Waals surface area (Å²) in [5.74, 6) is -1.30. The predicted molar refractivity (Wildman–Crippen MR) is 85.3 cm³/mol. The number of nitrogens with zero attached hydrogens (tertiary/aromatic N) is 2. The summed E-state index contributed by atoms with van der Waals surface area (Å²) in [5.41, 5.74) is 1.89. The van der Waals surface area contributed by atoms with E-state index in [4.69, 9.17) is 16.7 Å². The standard InChI is InChI=1S/C16H16ClN3O3/c17-12-3-1-2-11(8-12)14-13(9-18-19-14)15(21)20-6-4-10(5-7-20)16(22)23/h1-3,8-10H,4-7H2,(H,18,19)(H,22,23). The first-order chi connectivity index (χ1) is 11.1. The SMILES string of the molecule is O=C(O)C1CCN(C(=O)c2cn[nH]c2-c2cccc(Cl)c2)CC1. The maximum Gasteiger partial charge on any atom is 0.306 e. The number of aromatic nitrogens is 2. The molecule has 6 nitrogen and oxygen atoms in total. The van der Waals surface area contributed by atoms with Gasteiger partial charge in [0.25, 0.3) is 5.91 Å². The summed E-state index contributed by atoms with van der Waals surface area (Å²) < 4.78 is 0. The molecule has 120 valence electrons. The van der Waals surface area contributed by atoms with E-state index in [0.29, 0.717) is 42.2 Å². The summed E-state index contributed by atoms with van der Waals surface area (Å²) in [5, 5.41) is 16.4. The fraction of sp³-hybridized carbons (Fsp3) is 0.312. The minimum atomic E-state index is -0.792. The van der Waals surface area contributed by atoms with Crippen molar-refractivity contribution in [3.8, 4) is 11.3 Å². The lowest BCUT2D eigenvalue weighted by atomic mass is 9.96. The molecule has 23 heavy (non-hydrogen) atoms. The Morgan fingerprint density at radius 3 is 2.70 bits per heavy atom. The molecule has 0 aliphatic carbocycles. The Hall–Kier alpha value is -2.34. The zero-order valence-corrected chi connectivity index (χ0v) is 13.1. The number of rotatable bonds is 3. The zero-order chi connectivity index (χ0) is 16.4. The van der Waals surface area contributed by atoms with Gasteiger partial charge in [0.1, 0.15) is 0 Å². The number of carboxylic acid groups (broad SMARTS) is 1. The number of aliphatic carboxylic acids is 1. The Morgan fingerprint density at radius 1 is 1.30 bits per heavy atom. The normalized spacial score (nSPS) is 15.6. The first-order valence-electron chi connectivity index (χ1n) is 7.37. The molecule has 1 aliphatic heterocycles. The predicted octanol–water partition coefficient (Wildman–Crippen LogP) is 2.67. The third-order valence-electron chi connectivity index (χ3n) is 4.11. The van der Waals surface area contributed by atoms with Crippen molar-refractivity contribution in [1.82, 2.24) is 15.1 Å². The van der Waals surface area contributed by atoms with Gasteiger partial charge < -0.3 is 10.0 Å². The molecule has 1 aromatic heterocycles. The van der Waals surface area contributed by atoms with Crippen LogP contribution in [-0.2, 0) is 4.79 Å². The highest BCUT2D eigenvalue weighted by Crippen LogP contribution is 2.26. The van der Waals surface area contributed by atoms with E-state index in [0.717, 1.165) is 5.56 Å². The van der Waals surface area contributed by atoms with Gasteiger partial charge in [-0.1, -0.05) is 23.7 Å². The van der Waals surface area contributed by atoms with Crippen molar-refractivity contribution in [2.45, 2.75) is 12.8 Å². The molecule has 1 fully saturated rings. The molecule has 0 unspecified atom stereocenters. The maximum absolute atomic E-state index is 12.7. The van der Waals surface area contributed by atoms with Gasteiger partial charge >= 0.3 is 5.97 Å². The van der Waals surface area contributed by atoms with Gasteiger partial charge in [-0.25, -0.2) is 0 Å². The van der Waals surface area contributed by atoms with Crippen molar-refractivity contribution in [3.63, 3.8) is 0 Å². The molecule has 1 amide bonds. The number of carboxylic acids is 1. The van der Waals surface area contributed by atoms with Crippen LogP contribution in [0.15, 0.2) is 30.5 Å². The molecule has 0 spiro atoms. The van der Waals surface area contributed by atoms with Gasteiger partial charge in [-0.2, -0.15) is 5.10 Å². The van der Waals surface area contributed by atoms with Gasteiger partial charge in [0.15, 0.2) is 0 Å². The summed E-state index contributed by atoms with van der Waals surface area (Å²) in [6, 6.07) is 7.19. The third-order valence-corrected chi connectivity index (χ3v) is 4.35. The molecule has 7 heteroatoms. The van der Waals surface area contributed by atoms with E-state index in [1.807, 2.05) is 12.1 Å². The highest BCUT2D eigenvalue weighted by Gasteiger charge is 2.29. The number of carbonyl (C=O) groups excluding carboxylic acids is 1. The number of carbonyl (C=O) groups is 2. The molecule has 2 heterocycles. The lowest BCUT2D eigenvalue weighted by Crippen LogP contribution is -2.40. The van der Waals surface area contributed by atoms with Gasteiger partial charge in [-0.3, -0.25) is 14.7 Å². The molecule has 3 rings (SSSR count). The summed E-state index contributed by atoms with van der Waals surface area (Å²) in [7, 11) is 0. The highest BCUT2D eigenvalue weighted by atomic mass is 35.5. The van der Waals surface area contributed by atoms with E-state index >= 15 is 0 Å². The number of amides is 1. The first-order valence-corrected chi connectivity index (χ1v) is 7.75. The van der Waals surface area contributed by atoms with Crippen molar-refractivity contribution in [2.75, 3.05) is 13.1 Å². The average Bonchev–Trinajstić information content (AvgIpc) is 3.04. The number of H-pyrrole nitrogens is 1. The van der Waals surface area contributed by atoms with E-state index in [9.17, 15) is 9.59 Å². The molecular formula is C16H16ClN3O3. The van der Waals surface area contributed by atoms with Crippen LogP contribution in [0.25, 0.3) is 11.3 Å². The summed E-state index contributed by atoms with van der Waals surface area (Å²) in [6.45, 7) is 0.881. The molecule has 0 bridgehead atoms. The van der Waals surface area contributed by atoms with Crippen LogP contribution in [-0.4, -0.2) is 45.2 Å². The van der Waals surface area contributed by atoms with Crippen molar-refractivity contribution < 1.29 is 14.7 Å². The van der Waals surface area contributed by atoms with Crippen molar-refractivity contribution in [3.05, 3.63) is 41.0 Å². The zero-order valence-electron chi connectivity index (χ0n) is 12.3. The van der Waals surface area contributed by atoms with Gasteiger partial charge in [0, 0.05) is 23.7 Å². The van der Waals surface area contributed by atoms with Crippen molar-refractivity contribution in [1.29, 1.82) is 0 Å². The Kier molecular flexibility index (Phi) is 4.34. The molecule has 2 aromatic rings. The van der Waals surface area contributed by atoms with Crippen LogP contribution in [0, 0.1) is 5.92 Å². The lowest BCUT2D eigenvalue weighted by molar-refractivity contribution is -0.143. The number of hydrogen-bond acceptors (Lipinski definition) is 3. The van der Waals surface area contributed by atoms with Crippen LogP contribution in [0.4, 0.5) is 0 Å². The molecule has 0 atom stereocenters. The minimum Gasteiger partial charge on any atom is -0.481 e. The van der Waals surface area contributed by atoms with Gasteiger partial charge in [-0.15, -0.1) is 0 Å². The Balaban J connectivity index is 1.80. The van der Waals surface area contributed by atoms with Crippen LogP contribution in [0.1, 0.15) is 23.2 Å². The number of halogens is 1. The highest BCUT2D eigenvalue weighted by molar-refractivity contribution is 6.30. The van der Waals surface area contributed by atoms with E-state index in [1.165, 1.54) is 6.20 Å². The van der Waals surface area contributed by atoms with Crippen LogP contribution < -0.4 is 0 Å². The Morgan fingerprint density at radius 2 is 2.04 bits per heavy atom. The molecule has 0 saturated carbocycles. The average molecular weight is 334 g/mol. The smallest absolute Gasteiger partial charge is 0.306 e. The van der Waals surface area contributed by atoms with Crippen LogP contribution >= 0.6 is 11.6 Å². The lowest BCUT2D eigenvalue weighted by Gasteiger charge is -2.30. The van der Waals surface area contributed by atoms with Crippen LogP contribution in [0.5, 0.6) is 0 Å². The summed E-state index contributed by atoms with van der Waals surface area (Å²) >= 11 is 6.00. The first kappa shape index (κ1) is 15.6. The minimum absolute atomic E-state index is 0.141. The second-order valence-corrected chi connectivity index (χ2v) is 6.01. The Labute approximate surface area is 138 Å². The van der Waals surface area contributed by atoms with Crippen LogP contribution in [0.3, 0.4) is 0 Å². The number of piperidine rings is 1. The van der Waals surface area contributed by atoms with Gasteiger partial charge in [0.05, 0.1) is 23.4 Å². The maximum atomic E-state index is 12.7. The van der Waals surface area contributed by atoms with Gasteiger partial charge in [-0.05, 0) is 25.0 Å². The third kappa shape index (κ3) is 3.22. The van der Waals surface area contributed by atoms with Crippen molar-refractivity contribution >= 4 is 23.5 Å². The number of benzene rings is 1. The van der Waals surface area contributed by atoms with Crippen molar-refractivity contribution in [2.24, 2.45) is 5.92 Å². The molecular weight excluding hydrogens is 318 g/mol. The second-order valence-electron chi connectivity index (χ2n) is 5.57. The summed E-state index contributed by atoms with van der Waals surface area (Å²) in [4.78, 5) is 25.4. The fourth-order valence-corrected chi connectivity index (χ4v) is 3.00. The van der Waals surface area contributed by atoms with Crippen LogP contribution in [0.2, 0.25) is 5.02 Å². The molecule has 1 aliphatic rings. The van der Waals surface area contributed by atoms with Gasteiger partial charge in [0.2, 0.25) is 0 Å². The number of hydrogen-bond donors (Lipinski definition) is 2. The molecule has 1 saturated heterocycles. The van der Waals surface area contributed by atoms with E-state index in [2.05, 4.69) is 10.2 Å². The topological polar surface area (TPSA) is 86.3 Å². The quantitative estimate of drug-likeness (QED) is 0.904. The number of likely N-dealkylation sites (tertiary alicyclic amines) is 1. The summed E-state index contributed by atoms with van der Waals surface area (Å²) in [6.07, 6.45) is 2.46. The molecule has 2 N–H and O–H groups in total. The van der Waals surface area contributed by atoms with E-state index in [1.54, 1.807) is 17.0 Å². The second kappa shape index (κ2) is 6.42. The molecule has 0 radical (unpaired) electrons. The monoisotopic (exact) mass is 333 g/mol.